The van der Waals surface area contributed by atoms with Crippen LogP contribution in [-0.2, 0) is 17.6 Å². The Labute approximate surface area is 169 Å². The fraction of sp³-hybridized carbons (Fsp3) is 0.300. The Morgan fingerprint density at radius 2 is 2.10 bits per heavy atom. The Bertz CT molecular complexity index is 1090. The summed E-state index contributed by atoms with van der Waals surface area (Å²) >= 11 is 0. The van der Waals surface area contributed by atoms with Crippen molar-refractivity contribution < 1.29 is 22.7 Å². The fourth-order valence-electron chi connectivity index (χ4n) is 3.65. The fourth-order valence-corrected chi connectivity index (χ4v) is 3.65. The van der Waals surface area contributed by atoms with Crippen LogP contribution in [0.15, 0.2) is 36.5 Å². The topological polar surface area (TPSA) is 95.9 Å². The highest BCUT2D eigenvalue weighted by molar-refractivity contribution is 5.65. The lowest BCUT2D eigenvalue weighted by molar-refractivity contribution is 0.0931. The zero-order chi connectivity index (χ0) is 21.3. The molecular formula is C20H18F3N5O2. The van der Waals surface area contributed by atoms with Crippen molar-refractivity contribution in [2.45, 2.75) is 38.2 Å². The van der Waals surface area contributed by atoms with E-state index in [1.807, 2.05) is 0 Å². The van der Waals surface area contributed by atoms with Gasteiger partial charge in [-0.2, -0.15) is 4.68 Å². The van der Waals surface area contributed by atoms with Crippen LogP contribution < -0.4 is 5.73 Å². The summed E-state index contributed by atoms with van der Waals surface area (Å²) in [6.45, 7) is 0. The van der Waals surface area contributed by atoms with E-state index in [-0.39, 0.29) is 12.0 Å². The number of rotatable bonds is 5. The van der Waals surface area contributed by atoms with Gasteiger partial charge in [0.05, 0.1) is 5.69 Å². The third-order valence-electron chi connectivity index (χ3n) is 4.90. The number of carbonyl (C=O) groups excluding carboxylic acids is 1. The van der Waals surface area contributed by atoms with Crippen LogP contribution in [-0.4, -0.2) is 26.1 Å². The first-order chi connectivity index (χ1) is 14.4. The number of amides is 1. The second kappa shape index (κ2) is 8.13. The monoisotopic (exact) mass is 417 g/mol. The minimum atomic E-state index is -2.75. The summed E-state index contributed by atoms with van der Waals surface area (Å²) in [6, 6.07) is 6.81. The second-order valence-electron chi connectivity index (χ2n) is 7.04. The van der Waals surface area contributed by atoms with Crippen molar-refractivity contribution in [2.24, 2.45) is 5.73 Å². The molecule has 1 aliphatic carbocycles. The molecule has 0 saturated heterocycles. The van der Waals surface area contributed by atoms with Gasteiger partial charge >= 0.3 is 6.09 Å². The molecule has 2 heterocycles. The largest absolute Gasteiger partial charge is 0.440 e. The molecule has 2 N–H and O–H groups in total. The molecule has 0 spiro atoms. The molecule has 4 rings (SSSR count). The lowest BCUT2D eigenvalue weighted by Crippen LogP contribution is -2.21. The molecule has 0 fully saturated rings. The number of benzene rings is 1. The third-order valence-corrected chi connectivity index (χ3v) is 4.90. The molecule has 30 heavy (non-hydrogen) atoms. The Kier molecular flexibility index (Phi) is 5.39. The van der Waals surface area contributed by atoms with Crippen molar-refractivity contribution in [3.8, 4) is 5.82 Å². The average molecular weight is 417 g/mol. The van der Waals surface area contributed by atoms with E-state index in [2.05, 4.69) is 15.3 Å². The van der Waals surface area contributed by atoms with E-state index in [1.165, 1.54) is 12.1 Å². The summed E-state index contributed by atoms with van der Waals surface area (Å²) < 4.78 is 46.3. The molecule has 2 aromatic heterocycles. The van der Waals surface area contributed by atoms with Crippen LogP contribution in [0, 0.1) is 5.82 Å². The van der Waals surface area contributed by atoms with Crippen molar-refractivity contribution in [3.05, 3.63) is 70.4 Å². The number of aromatic nitrogens is 4. The number of pyridine rings is 1. The first-order valence-corrected chi connectivity index (χ1v) is 9.34. The summed E-state index contributed by atoms with van der Waals surface area (Å²) in [5, 5.41) is 8.27. The number of primary amides is 1. The first kappa shape index (κ1) is 19.9. The summed E-state index contributed by atoms with van der Waals surface area (Å²) in [5.41, 5.74) is 7.25. The van der Waals surface area contributed by atoms with Gasteiger partial charge in [0.25, 0.3) is 6.43 Å². The zero-order valence-electron chi connectivity index (χ0n) is 15.8. The van der Waals surface area contributed by atoms with Gasteiger partial charge in [0.2, 0.25) is 0 Å². The standard InChI is InChI=1S/C20H18F3N5O2/c21-14-8-12(7-13(10-14)19(22)23)6-11-4-5-25-17(9-11)28-15-2-1-3-16(30-20(24)29)18(15)26-27-28/h4-5,7-10,16,19H,1-3,6H2,(H2,24,29). The number of alkyl halides is 2. The number of fused-ring (bicyclic) bond motifs is 1. The van der Waals surface area contributed by atoms with Crippen LogP contribution in [0.4, 0.5) is 18.0 Å². The smallest absolute Gasteiger partial charge is 0.405 e. The molecule has 10 heteroatoms. The van der Waals surface area contributed by atoms with Crippen molar-refractivity contribution in [2.75, 3.05) is 0 Å². The normalized spacial score (nSPS) is 15.8. The summed E-state index contributed by atoms with van der Waals surface area (Å²) in [7, 11) is 0. The highest BCUT2D eigenvalue weighted by atomic mass is 19.3. The maximum atomic E-state index is 13.7. The molecule has 1 atom stereocenters. The van der Waals surface area contributed by atoms with E-state index in [1.54, 1.807) is 23.0 Å². The molecule has 0 saturated carbocycles. The lowest BCUT2D eigenvalue weighted by atomic mass is 9.98. The number of ether oxygens (including phenoxy) is 1. The number of carbonyl (C=O) groups is 1. The quantitative estimate of drug-likeness (QED) is 0.681. The second-order valence-corrected chi connectivity index (χ2v) is 7.04. The number of halogens is 3. The third kappa shape index (κ3) is 4.12. The number of hydrogen-bond acceptors (Lipinski definition) is 5. The van der Waals surface area contributed by atoms with Gasteiger partial charge < -0.3 is 10.5 Å². The lowest BCUT2D eigenvalue weighted by Gasteiger charge is -2.20. The molecule has 0 bridgehead atoms. The van der Waals surface area contributed by atoms with Crippen LogP contribution in [0.2, 0.25) is 0 Å². The highest BCUT2D eigenvalue weighted by Crippen LogP contribution is 2.32. The maximum absolute atomic E-state index is 13.7. The Morgan fingerprint density at radius 1 is 1.27 bits per heavy atom. The molecule has 1 unspecified atom stereocenters. The zero-order valence-corrected chi connectivity index (χ0v) is 15.8. The predicted octanol–water partition coefficient (Wildman–Crippen LogP) is 3.80. The van der Waals surface area contributed by atoms with Crippen LogP contribution in [0.1, 0.15) is 53.4 Å². The van der Waals surface area contributed by atoms with Crippen LogP contribution in [0.3, 0.4) is 0 Å². The predicted molar refractivity (Wildman–Crippen MR) is 99.7 cm³/mol. The van der Waals surface area contributed by atoms with E-state index in [4.69, 9.17) is 10.5 Å². The van der Waals surface area contributed by atoms with E-state index < -0.39 is 24.4 Å². The van der Waals surface area contributed by atoms with Crippen LogP contribution in [0.25, 0.3) is 5.82 Å². The van der Waals surface area contributed by atoms with Gasteiger partial charge in [-0.1, -0.05) is 5.21 Å². The average Bonchev–Trinajstić information content (AvgIpc) is 3.12. The van der Waals surface area contributed by atoms with Gasteiger partial charge in [-0.3, -0.25) is 0 Å². The SMILES string of the molecule is NC(=O)OC1CCCc2c1nnn2-c1cc(Cc2cc(F)cc(C(F)F)c2)ccn1. The van der Waals surface area contributed by atoms with Gasteiger partial charge in [-0.05, 0) is 67.1 Å². The first-order valence-electron chi connectivity index (χ1n) is 9.34. The van der Waals surface area contributed by atoms with Crippen LogP contribution in [0.5, 0.6) is 0 Å². The summed E-state index contributed by atoms with van der Waals surface area (Å²) in [6.07, 6.45) is -0.321. The van der Waals surface area contributed by atoms with Crippen molar-refractivity contribution in [1.82, 2.24) is 20.0 Å². The van der Waals surface area contributed by atoms with Crippen molar-refractivity contribution in [3.63, 3.8) is 0 Å². The minimum absolute atomic E-state index is 0.247. The molecule has 1 amide bonds. The molecule has 3 aromatic rings. The molecule has 156 valence electrons. The molecule has 1 aliphatic rings. The van der Waals surface area contributed by atoms with Crippen molar-refractivity contribution >= 4 is 6.09 Å². The Balaban J connectivity index is 1.62. The number of nitrogens with two attached hydrogens (primary N) is 1. The number of hydrogen-bond donors (Lipinski definition) is 1. The molecule has 0 aliphatic heterocycles. The highest BCUT2D eigenvalue weighted by Gasteiger charge is 2.29. The molecular weight excluding hydrogens is 399 g/mol. The molecule has 0 radical (unpaired) electrons. The minimum Gasteiger partial charge on any atom is -0.440 e. The van der Waals surface area contributed by atoms with Crippen LogP contribution >= 0.6 is 0 Å². The van der Waals surface area contributed by atoms with Gasteiger partial charge in [-0.25, -0.2) is 22.9 Å². The Hall–Kier alpha value is -3.43. The van der Waals surface area contributed by atoms with E-state index in [0.29, 0.717) is 29.9 Å². The van der Waals surface area contributed by atoms with Gasteiger partial charge in [0.1, 0.15) is 17.6 Å². The maximum Gasteiger partial charge on any atom is 0.405 e. The molecule has 7 nitrogen and oxygen atoms in total. The van der Waals surface area contributed by atoms with Gasteiger partial charge in [-0.15, -0.1) is 5.10 Å². The van der Waals surface area contributed by atoms with E-state index in [9.17, 15) is 18.0 Å². The van der Waals surface area contributed by atoms with E-state index >= 15 is 0 Å². The Morgan fingerprint density at radius 3 is 2.87 bits per heavy atom. The summed E-state index contributed by atoms with van der Waals surface area (Å²) in [5.74, 6) is -0.227. The van der Waals surface area contributed by atoms with Gasteiger partial charge in [0, 0.05) is 11.8 Å². The van der Waals surface area contributed by atoms with E-state index in [0.717, 1.165) is 23.7 Å². The van der Waals surface area contributed by atoms with Gasteiger partial charge in [0.15, 0.2) is 5.82 Å². The summed E-state index contributed by atoms with van der Waals surface area (Å²) in [4.78, 5) is 15.4. The molecule has 1 aromatic carbocycles. The number of nitrogens with zero attached hydrogens (tertiary/aromatic N) is 4. The van der Waals surface area contributed by atoms with Crippen molar-refractivity contribution in [1.29, 1.82) is 0 Å².